The minimum Gasteiger partial charge on any atom is -0.468 e. The quantitative estimate of drug-likeness (QED) is 0.805. The largest absolute Gasteiger partial charge is 0.468 e. The Kier molecular flexibility index (Phi) is 6.16. The maximum atomic E-state index is 11.4. The molecule has 0 aliphatic carbocycles. The standard InChI is InChI=1S/C14H20ClNO2/c1-4-5-13(16-10(2)14(17)18-3)11-6-8-12(15)9-7-11/h6-10,13,16H,4-5H2,1-3H3/t10-,13?/m0/s1. The monoisotopic (exact) mass is 269 g/mol. The van der Waals surface area contributed by atoms with Crippen LogP contribution in [0.1, 0.15) is 38.3 Å². The maximum absolute atomic E-state index is 11.4. The summed E-state index contributed by atoms with van der Waals surface area (Å²) in [4.78, 5) is 11.4. The van der Waals surface area contributed by atoms with Gasteiger partial charge in [-0.2, -0.15) is 0 Å². The van der Waals surface area contributed by atoms with Gasteiger partial charge in [-0.15, -0.1) is 0 Å². The minimum atomic E-state index is -0.317. The minimum absolute atomic E-state index is 0.140. The number of benzene rings is 1. The van der Waals surface area contributed by atoms with Crippen molar-refractivity contribution >= 4 is 17.6 Å². The van der Waals surface area contributed by atoms with Crippen molar-refractivity contribution in [2.45, 2.75) is 38.8 Å². The summed E-state index contributed by atoms with van der Waals surface area (Å²) < 4.78 is 4.72. The highest BCUT2D eigenvalue weighted by molar-refractivity contribution is 6.30. The van der Waals surface area contributed by atoms with E-state index in [9.17, 15) is 4.79 Å². The van der Waals surface area contributed by atoms with Crippen LogP contribution in [0.3, 0.4) is 0 Å². The Morgan fingerprint density at radius 1 is 1.39 bits per heavy atom. The van der Waals surface area contributed by atoms with Gasteiger partial charge >= 0.3 is 5.97 Å². The van der Waals surface area contributed by atoms with Gasteiger partial charge in [0.25, 0.3) is 0 Å². The van der Waals surface area contributed by atoms with E-state index < -0.39 is 0 Å². The molecule has 0 aliphatic heterocycles. The molecule has 1 N–H and O–H groups in total. The third-order valence-electron chi connectivity index (χ3n) is 2.86. The second kappa shape index (κ2) is 7.39. The lowest BCUT2D eigenvalue weighted by Gasteiger charge is -2.22. The van der Waals surface area contributed by atoms with Crippen molar-refractivity contribution in [3.63, 3.8) is 0 Å². The van der Waals surface area contributed by atoms with Crippen LogP contribution in [0.25, 0.3) is 0 Å². The average Bonchev–Trinajstić information content (AvgIpc) is 2.38. The normalized spacial score (nSPS) is 14.0. The third-order valence-corrected chi connectivity index (χ3v) is 3.11. The molecule has 1 aromatic carbocycles. The highest BCUT2D eigenvalue weighted by Crippen LogP contribution is 2.21. The number of carbonyl (C=O) groups is 1. The van der Waals surface area contributed by atoms with E-state index >= 15 is 0 Å². The summed E-state index contributed by atoms with van der Waals surface area (Å²) in [5, 5.41) is 4.00. The number of nitrogens with one attached hydrogen (secondary N) is 1. The first kappa shape index (κ1) is 15.0. The van der Waals surface area contributed by atoms with Crippen LogP contribution in [0.2, 0.25) is 5.02 Å². The SMILES string of the molecule is CCCC(N[C@@H](C)C(=O)OC)c1ccc(Cl)cc1. The summed E-state index contributed by atoms with van der Waals surface area (Å²) >= 11 is 5.88. The molecule has 3 nitrogen and oxygen atoms in total. The van der Waals surface area contributed by atoms with Gasteiger partial charge in [-0.05, 0) is 31.0 Å². The molecule has 0 heterocycles. The van der Waals surface area contributed by atoms with Crippen molar-refractivity contribution in [2.24, 2.45) is 0 Å². The van der Waals surface area contributed by atoms with Crippen molar-refractivity contribution in [3.05, 3.63) is 34.9 Å². The molecule has 100 valence electrons. The highest BCUT2D eigenvalue weighted by atomic mass is 35.5. The summed E-state index contributed by atoms with van der Waals surface area (Å²) in [5.74, 6) is -0.245. The molecule has 1 unspecified atom stereocenters. The van der Waals surface area contributed by atoms with Gasteiger partial charge in [0, 0.05) is 11.1 Å². The van der Waals surface area contributed by atoms with E-state index in [0.717, 1.165) is 23.4 Å². The number of methoxy groups -OCH3 is 1. The van der Waals surface area contributed by atoms with Gasteiger partial charge in [0.15, 0.2) is 0 Å². The Morgan fingerprint density at radius 2 is 2.00 bits per heavy atom. The third kappa shape index (κ3) is 4.31. The van der Waals surface area contributed by atoms with E-state index in [1.54, 1.807) is 0 Å². The maximum Gasteiger partial charge on any atom is 0.322 e. The van der Waals surface area contributed by atoms with Crippen LogP contribution in [-0.4, -0.2) is 19.1 Å². The van der Waals surface area contributed by atoms with Crippen LogP contribution in [0, 0.1) is 0 Å². The fourth-order valence-corrected chi connectivity index (χ4v) is 2.00. The zero-order valence-electron chi connectivity index (χ0n) is 11.1. The molecule has 0 radical (unpaired) electrons. The molecule has 0 spiro atoms. The Labute approximate surface area is 113 Å². The molecule has 1 aromatic rings. The second-order valence-electron chi connectivity index (χ2n) is 4.30. The first-order valence-electron chi connectivity index (χ1n) is 6.17. The molecule has 4 heteroatoms. The van der Waals surface area contributed by atoms with E-state index in [1.165, 1.54) is 7.11 Å². The van der Waals surface area contributed by atoms with Gasteiger partial charge in [-0.3, -0.25) is 10.1 Å². The molecule has 2 atom stereocenters. The van der Waals surface area contributed by atoms with Crippen molar-refractivity contribution in [1.29, 1.82) is 0 Å². The number of hydrogen-bond donors (Lipinski definition) is 1. The molecule has 1 rings (SSSR count). The fraction of sp³-hybridized carbons (Fsp3) is 0.500. The summed E-state index contributed by atoms with van der Waals surface area (Å²) in [6.07, 6.45) is 2.00. The van der Waals surface area contributed by atoms with Gasteiger partial charge in [0.1, 0.15) is 6.04 Å². The lowest BCUT2D eigenvalue weighted by atomic mass is 10.0. The van der Waals surface area contributed by atoms with E-state index in [2.05, 4.69) is 12.2 Å². The van der Waals surface area contributed by atoms with E-state index in [0.29, 0.717) is 0 Å². The van der Waals surface area contributed by atoms with E-state index in [1.807, 2.05) is 31.2 Å². The molecule has 0 saturated heterocycles. The zero-order valence-corrected chi connectivity index (χ0v) is 11.8. The van der Waals surface area contributed by atoms with Crippen LogP contribution in [0.5, 0.6) is 0 Å². The Bertz CT molecular complexity index is 378. The number of rotatable bonds is 6. The van der Waals surface area contributed by atoms with Gasteiger partial charge in [-0.1, -0.05) is 37.1 Å². The average molecular weight is 270 g/mol. The van der Waals surface area contributed by atoms with Crippen LogP contribution in [0.4, 0.5) is 0 Å². The predicted molar refractivity (Wildman–Crippen MR) is 73.7 cm³/mol. The lowest BCUT2D eigenvalue weighted by molar-refractivity contribution is -0.142. The summed E-state index contributed by atoms with van der Waals surface area (Å²) in [6, 6.07) is 7.52. The molecular weight excluding hydrogens is 250 g/mol. The Hall–Kier alpha value is -1.06. The van der Waals surface area contributed by atoms with Gasteiger partial charge in [0.05, 0.1) is 7.11 Å². The number of ether oxygens (including phenoxy) is 1. The topological polar surface area (TPSA) is 38.3 Å². The number of esters is 1. The zero-order chi connectivity index (χ0) is 13.5. The Morgan fingerprint density at radius 3 is 2.50 bits per heavy atom. The summed E-state index contributed by atoms with van der Waals surface area (Å²) in [7, 11) is 1.40. The fourth-order valence-electron chi connectivity index (χ4n) is 1.88. The second-order valence-corrected chi connectivity index (χ2v) is 4.74. The first-order chi connectivity index (χ1) is 8.58. The number of hydrogen-bond acceptors (Lipinski definition) is 3. The van der Waals surface area contributed by atoms with Crippen LogP contribution in [0.15, 0.2) is 24.3 Å². The van der Waals surface area contributed by atoms with Gasteiger partial charge in [0.2, 0.25) is 0 Å². The first-order valence-corrected chi connectivity index (χ1v) is 6.55. The molecule has 0 fully saturated rings. The van der Waals surface area contributed by atoms with Crippen LogP contribution >= 0.6 is 11.6 Å². The van der Waals surface area contributed by atoms with Crippen LogP contribution in [-0.2, 0) is 9.53 Å². The molecule has 0 aromatic heterocycles. The van der Waals surface area contributed by atoms with Crippen LogP contribution < -0.4 is 5.32 Å². The lowest BCUT2D eigenvalue weighted by Crippen LogP contribution is -2.37. The molecule has 0 saturated carbocycles. The van der Waals surface area contributed by atoms with E-state index in [-0.39, 0.29) is 18.1 Å². The molecule has 0 aliphatic rings. The van der Waals surface area contributed by atoms with Gasteiger partial charge < -0.3 is 4.74 Å². The van der Waals surface area contributed by atoms with Crippen molar-refractivity contribution < 1.29 is 9.53 Å². The Balaban J connectivity index is 2.76. The van der Waals surface area contributed by atoms with E-state index in [4.69, 9.17) is 16.3 Å². The smallest absolute Gasteiger partial charge is 0.322 e. The highest BCUT2D eigenvalue weighted by Gasteiger charge is 2.18. The van der Waals surface area contributed by atoms with Crippen molar-refractivity contribution in [2.75, 3.05) is 7.11 Å². The molecular formula is C14H20ClNO2. The van der Waals surface area contributed by atoms with Crippen molar-refractivity contribution in [3.8, 4) is 0 Å². The summed E-state index contributed by atoms with van der Waals surface area (Å²) in [6.45, 7) is 3.93. The van der Waals surface area contributed by atoms with Gasteiger partial charge in [-0.25, -0.2) is 0 Å². The molecule has 0 bridgehead atoms. The summed E-state index contributed by atoms with van der Waals surface area (Å²) in [5.41, 5.74) is 1.14. The van der Waals surface area contributed by atoms with Crippen molar-refractivity contribution in [1.82, 2.24) is 5.32 Å². The molecule has 18 heavy (non-hydrogen) atoms. The number of carbonyl (C=O) groups excluding carboxylic acids is 1. The molecule has 0 amide bonds. The number of halogens is 1. The predicted octanol–water partition coefficient (Wildman–Crippen LogP) is 3.33.